The zero-order chi connectivity index (χ0) is 10.7. The van der Waals surface area contributed by atoms with Crippen molar-refractivity contribution in [3.8, 4) is 0 Å². The minimum absolute atomic E-state index is 0.240. The van der Waals surface area contributed by atoms with Gasteiger partial charge in [-0.3, -0.25) is 0 Å². The average molecular weight is 232 g/mol. The van der Waals surface area contributed by atoms with Crippen LogP contribution in [0.5, 0.6) is 0 Å². The summed E-state index contributed by atoms with van der Waals surface area (Å²) in [6.07, 6.45) is 0.941. The van der Waals surface area contributed by atoms with Crippen molar-refractivity contribution in [1.82, 2.24) is 0 Å². The summed E-state index contributed by atoms with van der Waals surface area (Å²) in [6.45, 7) is 6.64. The van der Waals surface area contributed by atoms with Gasteiger partial charge in [-0.1, -0.05) is 32.4 Å². The van der Waals surface area contributed by atoms with Gasteiger partial charge in [0.25, 0.3) is 0 Å². The van der Waals surface area contributed by atoms with E-state index in [2.05, 4.69) is 26.8 Å². The van der Waals surface area contributed by atoms with Gasteiger partial charge in [0.2, 0.25) is 0 Å². The first-order chi connectivity index (χ1) is 6.50. The predicted molar refractivity (Wildman–Crippen MR) is 65.0 cm³/mol. The van der Waals surface area contributed by atoms with Gasteiger partial charge in [-0.05, 0) is 30.4 Å². The molecule has 0 saturated heterocycles. The van der Waals surface area contributed by atoms with Gasteiger partial charge in [0, 0.05) is 10.9 Å². The molecule has 14 heavy (non-hydrogen) atoms. The maximum absolute atomic E-state index is 6.12. The standard InChI is InChI=1S/C11H18ClNS/c1-7(2)8(3)10(13)6-9-4-5-11(12)14-9/h4-5,7-8,10H,6,13H2,1-3H3. The van der Waals surface area contributed by atoms with Crippen molar-refractivity contribution in [1.29, 1.82) is 0 Å². The van der Waals surface area contributed by atoms with Gasteiger partial charge in [0.15, 0.2) is 0 Å². The molecule has 0 radical (unpaired) electrons. The zero-order valence-corrected chi connectivity index (χ0v) is 10.5. The largest absolute Gasteiger partial charge is 0.327 e. The molecule has 0 amide bonds. The Kier molecular flexibility index (Phi) is 4.42. The number of nitrogens with two attached hydrogens (primary N) is 1. The number of hydrogen-bond acceptors (Lipinski definition) is 2. The van der Waals surface area contributed by atoms with Gasteiger partial charge in [0.05, 0.1) is 4.34 Å². The Bertz CT molecular complexity index is 283. The van der Waals surface area contributed by atoms with E-state index < -0.39 is 0 Å². The van der Waals surface area contributed by atoms with E-state index in [-0.39, 0.29) is 6.04 Å². The van der Waals surface area contributed by atoms with Crippen LogP contribution in [0.2, 0.25) is 4.34 Å². The van der Waals surface area contributed by atoms with Gasteiger partial charge >= 0.3 is 0 Å². The van der Waals surface area contributed by atoms with Crippen LogP contribution in [0.25, 0.3) is 0 Å². The van der Waals surface area contributed by atoms with Crippen molar-refractivity contribution in [3.05, 3.63) is 21.3 Å². The van der Waals surface area contributed by atoms with Crippen LogP contribution >= 0.6 is 22.9 Å². The molecule has 0 aliphatic rings. The quantitative estimate of drug-likeness (QED) is 0.843. The summed E-state index contributed by atoms with van der Waals surface area (Å²) < 4.78 is 0.851. The third kappa shape index (κ3) is 3.26. The third-order valence-electron chi connectivity index (χ3n) is 2.79. The zero-order valence-electron chi connectivity index (χ0n) is 8.96. The van der Waals surface area contributed by atoms with Gasteiger partial charge in [-0.25, -0.2) is 0 Å². The maximum Gasteiger partial charge on any atom is 0.0931 e. The molecule has 80 valence electrons. The van der Waals surface area contributed by atoms with Crippen molar-refractivity contribution < 1.29 is 0 Å². The summed E-state index contributed by atoms with van der Waals surface area (Å²) in [5.74, 6) is 1.19. The van der Waals surface area contributed by atoms with Gasteiger partial charge in [0.1, 0.15) is 0 Å². The predicted octanol–water partition coefficient (Wildman–Crippen LogP) is 3.56. The van der Waals surface area contributed by atoms with Crippen LogP contribution in [0.15, 0.2) is 12.1 Å². The lowest BCUT2D eigenvalue weighted by atomic mass is 9.89. The van der Waals surface area contributed by atoms with E-state index in [4.69, 9.17) is 17.3 Å². The van der Waals surface area contributed by atoms with Crippen LogP contribution in [0.3, 0.4) is 0 Å². The van der Waals surface area contributed by atoms with Crippen LogP contribution < -0.4 is 5.73 Å². The molecule has 2 unspecified atom stereocenters. The molecule has 3 heteroatoms. The van der Waals surface area contributed by atoms with Crippen LogP contribution in [-0.2, 0) is 6.42 Å². The molecule has 1 nitrogen and oxygen atoms in total. The molecule has 0 fully saturated rings. The fourth-order valence-corrected chi connectivity index (χ4v) is 2.53. The molecule has 0 spiro atoms. The highest BCUT2D eigenvalue weighted by Crippen LogP contribution is 2.24. The van der Waals surface area contributed by atoms with Crippen molar-refractivity contribution in [3.63, 3.8) is 0 Å². The Morgan fingerprint density at radius 1 is 1.36 bits per heavy atom. The van der Waals surface area contributed by atoms with Crippen LogP contribution in [0.4, 0.5) is 0 Å². The van der Waals surface area contributed by atoms with Crippen molar-refractivity contribution in [2.75, 3.05) is 0 Å². The van der Waals surface area contributed by atoms with Gasteiger partial charge in [-0.2, -0.15) is 0 Å². The number of halogens is 1. The van der Waals surface area contributed by atoms with Crippen LogP contribution in [0, 0.1) is 11.8 Å². The third-order valence-corrected chi connectivity index (χ3v) is 4.05. The van der Waals surface area contributed by atoms with E-state index in [1.54, 1.807) is 11.3 Å². The van der Waals surface area contributed by atoms with Crippen LogP contribution in [0.1, 0.15) is 25.6 Å². The minimum atomic E-state index is 0.240. The molecule has 1 aromatic rings. The molecule has 0 aliphatic carbocycles. The SMILES string of the molecule is CC(C)C(C)C(N)Cc1ccc(Cl)s1. The Hall–Kier alpha value is -0.0500. The van der Waals surface area contributed by atoms with E-state index >= 15 is 0 Å². The summed E-state index contributed by atoms with van der Waals surface area (Å²) in [7, 11) is 0. The highest BCUT2D eigenvalue weighted by molar-refractivity contribution is 7.16. The second-order valence-electron chi connectivity index (χ2n) is 4.18. The lowest BCUT2D eigenvalue weighted by molar-refractivity contribution is 0.345. The van der Waals surface area contributed by atoms with Crippen LogP contribution in [-0.4, -0.2) is 6.04 Å². The molecule has 0 bridgehead atoms. The first kappa shape index (κ1) is 12.0. The Morgan fingerprint density at radius 3 is 2.43 bits per heavy atom. The van der Waals surface area contributed by atoms with E-state index in [9.17, 15) is 0 Å². The second-order valence-corrected chi connectivity index (χ2v) is 5.98. The highest BCUT2D eigenvalue weighted by atomic mass is 35.5. The summed E-state index contributed by atoms with van der Waals surface area (Å²) in [5.41, 5.74) is 6.12. The fraction of sp³-hybridized carbons (Fsp3) is 0.636. The van der Waals surface area contributed by atoms with E-state index in [0.717, 1.165) is 10.8 Å². The van der Waals surface area contributed by atoms with Gasteiger partial charge < -0.3 is 5.73 Å². The first-order valence-corrected chi connectivity index (χ1v) is 6.20. The lowest BCUT2D eigenvalue weighted by Gasteiger charge is -2.22. The number of thiophene rings is 1. The first-order valence-electron chi connectivity index (χ1n) is 5.00. The molecule has 1 aromatic heterocycles. The topological polar surface area (TPSA) is 26.0 Å². The molecule has 1 heterocycles. The molecule has 0 aromatic carbocycles. The number of rotatable bonds is 4. The minimum Gasteiger partial charge on any atom is -0.327 e. The molecule has 1 rings (SSSR count). The monoisotopic (exact) mass is 231 g/mol. The highest BCUT2D eigenvalue weighted by Gasteiger charge is 2.17. The average Bonchev–Trinajstić information content (AvgIpc) is 2.49. The molecule has 2 atom stereocenters. The second kappa shape index (κ2) is 5.15. The Balaban J connectivity index is 2.52. The summed E-state index contributed by atoms with van der Waals surface area (Å²) in [6, 6.07) is 4.25. The Morgan fingerprint density at radius 2 is 2.00 bits per heavy atom. The number of hydrogen-bond donors (Lipinski definition) is 1. The summed E-state index contributed by atoms with van der Waals surface area (Å²) in [5, 5.41) is 0. The summed E-state index contributed by atoms with van der Waals surface area (Å²) >= 11 is 7.49. The molecule has 0 aliphatic heterocycles. The molecule has 2 N–H and O–H groups in total. The van der Waals surface area contributed by atoms with Gasteiger partial charge in [-0.15, -0.1) is 11.3 Å². The van der Waals surface area contributed by atoms with E-state index in [0.29, 0.717) is 11.8 Å². The van der Waals surface area contributed by atoms with Crippen molar-refractivity contribution in [2.24, 2.45) is 17.6 Å². The Labute approximate surface area is 95.3 Å². The molecule has 0 saturated carbocycles. The fourth-order valence-electron chi connectivity index (χ4n) is 1.37. The lowest BCUT2D eigenvalue weighted by Crippen LogP contribution is -2.33. The maximum atomic E-state index is 6.12. The normalized spacial score (nSPS) is 15.9. The molecular formula is C11H18ClNS. The summed E-state index contributed by atoms with van der Waals surface area (Å²) in [4.78, 5) is 1.29. The smallest absolute Gasteiger partial charge is 0.0931 e. The van der Waals surface area contributed by atoms with Crippen molar-refractivity contribution >= 4 is 22.9 Å². The van der Waals surface area contributed by atoms with Crippen molar-refractivity contribution in [2.45, 2.75) is 33.2 Å². The van der Waals surface area contributed by atoms with E-state index in [1.807, 2.05) is 6.07 Å². The van der Waals surface area contributed by atoms with E-state index in [1.165, 1.54) is 4.88 Å². The molecular weight excluding hydrogens is 214 g/mol.